The van der Waals surface area contributed by atoms with Crippen molar-refractivity contribution in [3.8, 4) is 11.8 Å². The number of benzene rings is 2. The summed E-state index contributed by atoms with van der Waals surface area (Å²) in [4.78, 5) is 26.3. The normalized spacial score (nSPS) is 14.4. The summed E-state index contributed by atoms with van der Waals surface area (Å²) >= 11 is 0. The Morgan fingerprint density at radius 1 is 1.22 bits per heavy atom. The van der Waals surface area contributed by atoms with Gasteiger partial charge in [0, 0.05) is 43.2 Å². The molecule has 0 aliphatic carbocycles. The van der Waals surface area contributed by atoms with Gasteiger partial charge in [0.15, 0.2) is 0 Å². The van der Waals surface area contributed by atoms with Gasteiger partial charge in [-0.25, -0.2) is 0 Å². The summed E-state index contributed by atoms with van der Waals surface area (Å²) in [6.45, 7) is 10.4. The van der Waals surface area contributed by atoms with Crippen LogP contribution in [0, 0.1) is 18.3 Å². The molecule has 1 saturated heterocycles. The fourth-order valence-corrected chi connectivity index (χ4v) is 3.62. The van der Waals surface area contributed by atoms with Gasteiger partial charge in [-0.1, -0.05) is 24.8 Å². The number of nitriles is 1. The Bertz CT molecular complexity index is 1060. The van der Waals surface area contributed by atoms with Crippen molar-refractivity contribution < 1.29 is 14.3 Å². The van der Waals surface area contributed by atoms with Gasteiger partial charge in [-0.05, 0) is 56.2 Å². The van der Waals surface area contributed by atoms with Crippen LogP contribution < -0.4 is 10.1 Å². The topological polar surface area (TPSA) is 82.4 Å². The van der Waals surface area contributed by atoms with E-state index in [1.165, 1.54) is 6.08 Å². The fourth-order valence-electron chi connectivity index (χ4n) is 3.62. The number of nitrogens with one attached hydrogen (secondary N) is 1. The molecule has 1 heterocycles. The second-order valence-electron chi connectivity index (χ2n) is 8.60. The number of aryl methyl sites for hydroxylation is 1. The summed E-state index contributed by atoms with van der Waals surface area (Å²) < 4.78 is 6.20. The molecular weight excluding hydrogens is 402 g/mol. The third kappa shape index (κ3) is 5.36. The molecule has 1 aliphatic rings. The molecule has 0 unspecified atom stereocenters. The molecule has 1 fully saturated rings. The molecule has 32 heavy (non-hydrogen) atoms. The average Bonchev–Trinajstić information content (AvgIpc) is 2.81. The quantitative estimate of drug-likeness (QED) is 0.678. The van der Waals surface area contributed by atoms with Crippen LogP contribution in [0.3, 0.4) is 0 Å². The van der Waals surface area contributed by atoms with Crippen LogP contribution >= 0.6 is 0 Å². The first-order valence-corrected chi connectivity index (χ1v) is 10.8. The molecule has 3 rings (SSSR count). The highest BCUT2D eigenvalue weighted by Crippen LogP contribution is 2.27. The van der Waals surface area contributed by atoms with Gasteiger partial charge < -0.3 is 15.0 Å². The molecule has 0 spiro atoms. The van der Waals surface area contributed by atoms with E-state index in [4.69, 9.17) is 4.74 Å². The summed E-state index contributed by atoms with van der Waals surface area (Å²) in [7, 11) is 0. The summed E-state index contributed by atoms with van der Waals surface area (Å²) in [5, 5.41) is 12.3. The van der Waals surface area contributed by atoms with E-state index in [-0.39, 0.29) is 17.9 Å². The maximum absolute atomic E-state index is 12.8. The van der Waals surface area contributed by atoms with Gasteiger partial charge in [0.05, 0.1) is 11.5 Å². The lowest BCUT2D eigenvalue weighted by Crippen LogP contribution is -2.41. The lowest BCUT2D eigenvalue weighted by molar-refractivity contribution is -0.127. The molecule has 166 valence electrons. The molecule has 0 bridgehead atoms. The molecule has 1 N–H and O–H groups in total. The maximum atomic E-state index is 12.8. The molecule has 1 aliphatic heterocycles. The number of amides is 2. The molecule has 0 saturated carbocycles. The van der Waals surface area contributed by atoms with Crippen LogP contribution in [0.1, 0.15) is 48.2 Å². The zero-order chi connectivity index (χ0) is 23.3. The van der Waals surface area contributed by atoms with Crippen molar-refractivity contribution in [1.82, 2.24) is 4.90 Å². The standard InChI is InChI=1S/C26H29N3O3/c1-5-24(30)29-13-11-22(12-14-29)32-23-16-21(10-9-18(23)2)28-25(31)19-7-6-8-20(15-19)26(3,4)17-27/h5-10,15-16,22H,1,11-14H2,2-4H3,(H,28,31). The first-order chi connectivity index (χ1) is 15.2. The van der Waals surface area contributed by atoms with Crippen LogP contribution in [-0.4, -0.2) is 35.9 Å². The maximum Gasteiger partial charge on any atom is 0.255 e. The highest BCUT2D eigenvalue weighted by molar-refractivity contribution is 6.04. The fraction of sp³-hybridized carbons (Fsp3) is 0.346. The number of ether oxygens (including phenoxy) is 1. The van der Waals surface area contributed by atoms with Gasteiger partial charge in [-0.2, -0.15) is 5.26 Å². The first-order valence-electron chi connectivity index (χ1n) is 10.8. The van der Waals surface area contributed by atoms with E-state index < -0.39 is 5.41 Å². The number of hydrogen-bond donors (Lipinski definition) is 1. The Kier molecular flexibility index (Phi) is 6.99. The molecular formula is C26H29N3O3. The van der Waals surface area contributed by atoms with Crippen LogP contribution in [0.25, 0.3) is 0 Å². The molecule has 2 aromatic rings. The number of anilines is 1. The second kappa shape index (κ2) is 9.69. The molecule has 2 amide bonds. The molecule has 0 atom stereocenters. The highest BCUT2D eigenvalue weighted by atomic mass is 16.5. The summed E-state index contributed by atoms with van der Waals surface area (Å²) in [6.07, 6.45) is 2.85. The highest BCUT2D eigenvalue weighted by Gasteiger charge is 2.23. The molecule has 6 heteroatoms. The number of carbonyl (C=O) groups is 2. The van der Waals surface area contributed by atoms with Crippen molar-refractivity contribution in [1.29, 1.82) is 5.26 Å². The van der Waals surface area contributed by atoms with Gasteiger partial charge in [-0.15, -0.1) is 0 Å². The molecule has 0 aromatic heterocycles. The van der Waals surface area contributed by atoms with Gasteiger partial charge in [0.2, 0.25) is 5.91 Å². The van der Waals surface area contributed by atoms with E-state index in [1.54, 1.807) is 23.1 Å². The van der Waals surface area contributed by atoms with Gasteiger partial charge in [0.1, 0.15) is 11.9 Å². The largest absolute Gasteiger partial charge is 0.490 e. The van der Waals surface area contributed by atoms with Crippen LogP contribution in [0.15, 0.2) is 55.1 Å². The Labute approximate surface area is 189 Å². The smallest absolute Gasteiger partial charge is 0.255 e. The monoisotopic (exact) mass is 431 g/mol. The van der Waals surface area contributed by atoms with Gasteiger partial charge >= 0.3 is 0 Å². The Hall–Kier alpha value is -3.59. The van der Waals surface area contributed by atoms with E-state index in [0.717, 1.165) is 29.7 Å². The summed E-state index contributed by atoms with van der Waals surface area (Å²) in [5.74, 6) is 0.425. The Morgan fingerprint density at radius 3 is 2.59 bits per heavy atom. The number of hydrogen-bond acceptors (Lipinski definition) is 4. The second-order valence-corrected chi connectivity index (χ2v) is 8.60. The number of likely N-dealkylation sites (tertiary alicyclic amines) is 1. The zero-order valence-electron chi connectivity index (χ0n) is 18.9. The predicted molar refractivity (Wildman–Crippen MR) is 125 cm³/mol. The van der Waals surface area contributed by atoms with E-state index in [1.807, 2.05) is 45.0 Å². The minimum Gasteiger partial charge on any atom is -0.490 e. The molecule has 2 aromatic carbocycles. The SMILES string of the molecule is C=CC(=O)N1CCC(Oc2cc(NC(=O)c3cccc(C(C)(C)C#N)c3)ccc2C)CC1. The molecule has 0 radical (unpaired) electrons. The third-order valence-corrected chi connectivity index (χ3v) is 5.79. The van der Waals surface area contributed by atoms with Crippen molar-refractivity contribution in [3.05, 3.63) is 71.8 Å². The Morgan fingerprint density at radius 2 is 1.94 bits per heavy atom. The number of rotatable bonds is 6. The van der Waals surface area contributed by atoms with Crippen LogP contribution in [0.4, 0.5) is 5.69 Å². The van der Waals surface area contributed by atoms with Crippen molar-refractivity contribution in [2.75, 3.05) is 18.4 Å². The van der Waals surface area contributed by atoms with Crippen molar-refractivity contribution in [3.63, 3.8) is 0 Å². The van der Waals surface area contributed by atoms with E-state index in [2.05, 4.69) is 18.0 Å². The zero-order valence-corrected chi connectivity index (χ0v) is 18.9. The van der Waals surface area contributed by atoms with Crippen LogP contribution in [0.2, 0.25) is 0 Å². The third-order valence-electron chi connectivity index (χ3n) is 5.79. The van der Waals surface area contributed by atoms with E-state index >= 15 is 0 Å². The van der Waals surface area contributed by atoms with Crippen LogP contribution in [0.5, 0.6) is 5.75 Å². The van der Waals surface area contributed by atoms with Crippen LogP contribution in [-0.2, 0) is 10.2 Å². The van der Waals surface area contributed by atoms with E-state index in [0.29, 0.717) is 24.3 Å². The lowest BCUT2D eigenvalue weighted by Gasteiger charge is -2.32. The minimum atomic E-state index is -0.674. The van der Waals surface area contributed by atoms with Gasteiger partial charge in [0.25, 0.3) is 5.91 Å². The minimum absolute atomic E-state index is 0.0124. The number of piperidine rings is 1. The number of nitrogens with zero attached hydrogens (tertiary/aromatic N) is 2. The van der Waals surface area contributed by atoms with Crippen molar-refractivity contribution in [2.24, 2.45) is 0 Å². The lowest BCUT2D eigenvalue weighted by atomic mass is 9.85. The predicted octanol–water partition coefficient (Wildman–Crippen LogP) is 4.60. The van der Waals surface area contributed by atoms with Crippen molar-refractivity contribution >= 4 is 17.5 Å². The summed E-state index contributed by atoms with van der Waals surface area (Å²) in [5.41, 5.74) is 2.23. The summed E-state index contributed by atoms with van der Waals surface area (Å²) in [6, 6.07) is 15.0. The van der Waals surface area contributed by atoms with Crippen molar-refractivity contribution in [2.45, 2.75) is 45.1 Å². The average molecular weight is 432 g/mol. The van der Waals surface area contributed by atoms with E-state index in [9.17, 15) is 14.9 Å². The van der Waals surface area contributed by atoms with Gasteiger partial charge in [-0.3, -0.25) is 9.59 Å². The number of carbonyl (C=O) groups excluding carboxylic acids is 2. The molecule has 6 nitrogen and oxygen atoms in total. The Balaban J connectivity index is 1.68. The first kappa shape index (κ1) is 23.1.